The number of aromatic nitrogens is 2. The van der Waals surface area contributed by atoms with Crippen molar-refractivity contribution in [3.05, 3.63) is 30.0 Å². The number of piperidine rings is 1. The Morgan fingerprint density at radius 2 is 2.00 bits per heavy atom. The SMILES string of the molecule is Cn1nc(CN2CCC(CCl)CC2)c2ccccc21. The molecule has 1 aliphatic rings. The van der Waals surface area contributed by atoms with E-state index in [-0.39, 0.29) is 0 Å². The van der Waals surface area contributed by atoms with Crippen molar-refractivity contribution >= 4 is 22.5 Å². The van der Waals surface area contributed by atoms with Gasteiger partial charge in [0, 0.05) is 24.9 Å². The zero-order valence-electron chi connectivity index (χ0n) is 11.3. The molecule has 0 atom stereocenters. The number of benzene rings is 1. The maximum atomic E-state index is 5.94. The van der Waals surface area contributed by atoms with Gasteiger partial charge in [-0.15, -0.1) is 11.6 Å². The van der Waals surface area contributed by atoms with E-state index in [1.807, 2.05) is 11.7 Å². The second-order valence-corrected chi connectivity index (χ2v) is 5.77. The van der Waals surface area contributed by atoms with Gasteiger partial charge in [-0.1, -0.05) is 18.2 Å². The molecule has 0 radical (unpaired) electrons. The van der Waals surface area contributed by atoms with Gasteiger partial charge in [0.1, 0.15) is 0 Å². The predicted molar refractivity (Wildman–Crippen MR) is 79.4 cm³/mol. The second-order valence-electron chi connectivity index (χ2n) is 5.46. The second kappa shape index (κ2) is 5.51. The number of aryl methyl sites for hydroxylation is 1. The van der Waals surface area contributed by atoms with Crippen molar-refractivity contribution in [2.75, 3.05) is 19.0 Å². The lowest BCUT2D eigenvalue weighted by molar-refractivity contribution is 0.185. The Labute approximate surface area is 119 Å². The van der Waals surface area contributed by atoms with E-state index in [4.69, 9.17) is 11.6 Å². The van der Waals surface area contributed by atoms with E-state index in [1.165, 1.54) is 29.4 Å². The van der Waals surface area contributed by atoms with E-state index in [2.05, 4.69) is 34.3 Å². The maximum Gasteiger partial charge on any atom is 0.0843 e. The van der Waals surface area contributed by atoms with Crippen LogP contribution in [0, 0.1) is 5.92 Å². The number of rotatable bonds is 3. The predicted octanol–water partition coefficient (Wildman–Crippen LogP) is 3.02. The van der Waals surface area contributed by atoms with Gasteiger partial charge in [-0.3, -0.25) is 9.58 Å². The lowest BCUT2D eigenvalue weighted by Crippen LogP contribution is -2.33. The van der Waals surface area contributed by atoms with Crippen molar-refractivity contribution in [1.82, 2.24) is 14.7 Å². The maximum absolute atomic E-state index is 5.94. The van der Waals surface area contributed by atoms with Crippen LogP contribution in [0.1, 0.15) is 18.5 Å². The van der Waals surface area contributed by atoms with E-state index >= 15 is 0 Å². The summed E-state index contributed by atoms with van der Waals surface area (Å²) in [6.07, 6.45) is 2.43. The average Bonchev–Trinajstić information content (AvgIpc) is 2.77. The van der Waals surface area contributed by atoms with Crippen molar-refractivity contribution in [3.63, 3.8) is 0 Å². The molecule has 0 bridgehead atoms. The first-order valence-corrected chi connectivity index (χ1v) is 7.50. The van der Waals surface area contributed by atoms with Crippen LogP contribution in [0.15, 0.2) is 24.3 Å². The summed E-state index contributed by atoms with van der Waals surface area (Å²) in [5.41, 5.74) is 2.41. The van der Waals surface area contributed by atoms with Gasteiger partial charge in [-0.05, 0) is 37.9 Å². The molecule has 0 N–H and O–H groups in total. The Bertz CT molecular complexity index is 556. The van der Waals surface area contributed by atoms with Crippen LogP contribution in [0.4, 0.5) is 0 Å². The fourth-order valence-corrected chi connectivity index (χ4v) is 3.22. The van der Waals surface area contributed by atoms with Crippen LogP contribution in [0.5, 0.6) is 0 Å². The van der Waals surface area contributed by atoms with Crippen molar-refractivity contribution in [2.45, 2.75) is 19.4 Å². The minimum atomic E-state index is 0.707. The molecule has 0 saturated carbocycles. The quantitative estimate of drug-likeness (QED) is 0.804. The molecule has 0 amide bonds. The van der Waals surface area contributed by atoms with Crippen LogP contribution in [0.2, 0.25) is 0 Å². The topological polar surface area (TPSA) is 21.1 Å². The Hall–Kier alpha value is -1.06. The minimum Gasteiger partial charge on any atom is -0.297 e. The number of nitrogens with zero attached hydrogens (tertiary/aromatic N) is 3. The molecule has 102 valence electrons. The zero-order chi connectivity index (χ0) is 13.2. The Morgan fingerprint density at radius 1 is 1.26 bits per heavy atom. The molecule has 1 aliphatic heterocycles. The highest BCUT2D eigenvalue weighted by atomic mass is 35.5. The van der Waals surface area contributed by atoms with Gasteiger partial charge < -0.3 is 0 Å². The lowest BCUT2D eigenvalue weighted by atomic mass is 9.99. The van der Waals surface area contributed by atoms with Crippen molar-refractivity contribution < 1.29 is 0 Å². The van der Waals surface area contributed by atoms with Crippen molar-refractivity contribution in [1.29, 1.82) is 0 Å². The number of halogens is 1. The van der Waals surface area contributed by atoms with Crippen LogP contribution in [-0.2, 0) is 13.6 Å². The Balaban J connectivity index is 1.75. The number of fused-ring (bicyclic) bond motifs is 1. The highest BCUT2D eigenvalue weighted by Gasteiger charge is 2.20. The summed E-state index contributed by atoms with van der Waals surface area (Å²) >= 11 is 5.94. The van der Waals surface area contributed by atoms with Gasteiger partial charge in [-0.2, -0.15) is 5.10 Å². The van der Waals surface area contributed by atoms with E-state index in [0.29, 0.717) is 5.92 Å². The minimum absolute atomic E-state index is 0.707. The summed E-state index contributed by atoms with van der Waals surface area (Å²) in [5.74, 6) is 1.51. The molecule has 0 aliphatic carbocycles. The average molecular weight is 278 g/mol. The Kier molecular flexibility index (Phi) is 3.76. The molecule has 1 aromatic heterocycles. The number of hydrogen-bond acceptors (Lipinski definition) is 2. The highest BCUT2D eigenvalue weighted by Crippen LogP contribution is 2.23. The largest absolute Gasteiger partial charge is 0.297 e. The van der Waals surface area contributed by atoms with Gasteiger partial charge in [-0.25, -0.2) is 0 Å². The van der Waals surface area contributed by atoms with Crippen molar-refractivity contribution in [2.24, 2.45) is 13.0 Å². The normalized spacial score (nSPS) is 18.2. The molecule has 19 heavy (non-hydrogen) atoms. The van der Waals surface area contributed by atoms with E-state index in [9.17, 15) is 0 Å². The summed E-state index contributed by atoms with van der Waals surface area (Å²) in [6, 6.07) is 8.46. The molecule has 0 unspecified atom stereocenters. The third-order valence-electron chi connectivity index (χ3n) is 4.13. The van der Waals surface area contributed by atoms with E-state index in [0.717, 1.165) is 25.5 Å². The van der Waals surface area contributed by atoms with Gasteiger partial charge in [0.15, 0.2) is 0 Å². The number of alkyl halides is 1. The first-order valence-electron chi connectivity index (χ1n) is 6.97. The first kappa shape index (κ1) is 12.9. The molecule has 1 fully saturated rings. The molecular formula is C15H20ClN3. The van der Waals surface area contributed by atoms with Crippen LogP contribution in [-0.4, -0.2) is 33.6 Å². The molecule has 1 aromatic carbocycles. The third-order valence-corrected chi connectivity index (χ3v) is 4.57. The van der Waals surface area contributed by atoms with Crippen molar-refractivity contribution in [3.8, 4) is 0 Å². The third kappa shape index (κ3) is 2.63. The highest BCUT2D eigenvalue weighted by molar-refractivity contribution is 6.18. The van der Waals surface area contributed by atoms with E-state index in [1.54, 1.807) is 0 Å². The zero-order valence-corrected chi connectivity index (χ0v) is 12.1. The lowest BCUT2D eigenvalue weighted by Gasteiger charge is -2.30. The summed E-state index contributed by atoms with van der Waals surface area (Å²) in [7, 11) is 2.02. The Morgan fingerprint density at radius 3 is 2.74 bits per heavy atom. The number of para-hydroxylation sites is 1. The molecule has 1 saturated heterocycles. The summed E-state index contributed by atoms with van der Waals surface area (Å²) in [5, 5.41) is 5.95. The number of likely N-dealkylation sites (tertiary alicyclic amines) is 1. The molecule has 4 heteroatoms. The molecule has 0 spiro atoms. The number of hydrogen-bond donors (Lipinski definition) is 0. The molecule has 3 nitrogen and oxygen atoms in total. The van der Waals surface area contributed by atoms with Gasteiger partial charge >= 0.3 is 0 Å². The monoisotopic (exact) mass is 277 g/mol. The molecule has 2 aromatic rings. The standard InChI is InChI=1S/C15H20ClN3/c1-18-15-5-3-2-4-13(15)14(17-18)11-19-8-6-12(10-16)7-9-19/h2-5,12H,6-11H2,1H3. The molecule has 2 heterocycles. The summed E-state index contributed by atoms with van der Waals surface area (Å²) < 4.78 is 1.98. The van der Waals surface area contributed by atoms with Crippen LogP contribution in [0.3, 0.4) is 0 Å². The van der Waals surface area contributed by atoms with E-state index < -0.39 is 0 Å². The fraction of sp³-hybridized carbons (Fsp3) is 0.533. The summed E-state index contributed by atoms with van der Waals surface area (Å²) in [6.45, 7) is 3.24. The fourth-order valence-electron chi connectivity index (χ4n) is 2.92. The molecular weight excluding hydrogens is 258 g/mol. The summed E-state index contributed by atoms with van der Waals surface area (Å²) in [4.78, 5) is 2.50. The van der Waals surface area contributed by atoms with Crippen LogP contribution >= 0.6 is 11.6 Å². The van der Waals surface area contributed by atoms with Gasteiger partial charge in [0.25, 0.3) is 0 Å². The van der Waals surface area contributed by atoms with Crippen LogP contribution < -0.4 is 0 Å². The molecule has 3 rings (SSSR count). The smallest absolute Gasteiger partial charge is 0.0843 e. The first-order chi connectivity index (χ1) is 9.28. The van der Waals surface area contributed by atoms with Gasteiger partial charge in [0.2, 0.25) is 0 Å². The van der Waals surface area contributed by atoms with Crippen LogP contribution in [0.25, 0.3) is 10.9 Å². The van der Waals surface area contributed by atoms with Gasteiger partial charge in [0.05, 0.1) is 11.2 Å².